The second-order valence-corrected chi connectivity index (χ2v) is 5.52. The maximum Gasteiger partial charge on any atom is 0.220 e. The molecule has 0 aliphatic carbocycles. The summed E-state index contributed by atoms with van der Waals surface area (Å²) in [6.45, 7) is 3.55. The van der Waals surface area contributed by atoms with Crippen molar-refractivity contribution in [2.75, 3.05) is 0 Å². The summed E-state index contributed by atoms with van der Waals surface area (Å²) in [7, 11) is 0. The lowest BCUT2D eigenvalue weighted by atomic mass is 10.1. The van der Waals surface area contributed by atoms with Gasteiger partial charge in [-0.1, -0.05) is 0 Å². The summed E-state index contributed by atoms with van der Waals surface area (Å²) in [5.41, 5.74) is 1.05. The average molecular weight is 288 g/mol. The van der Waals surface area contributed by atoms with E-state index in [0.717, 1.165) is 43.9 Å². The molecule has 2 aromatic rings. The van der Waals surface area contributed by atoms with E-state index in [1.165, 1.54) is 6.33 Å². The van der Waals surface area contributed by atoms with Crippen LogP contribution in [0.1, 0.15) is 30.8 Å². The molecule has 2 aromatic heterocycles. The van der Waals surface area contributed by atoms with Crippen LogP contribution >= 0.6 is 0 Å². The number of carbonyl (C=O) groups excluding carboxylic acids is 1. The molecule has 0 saturated carbocycles. The number of carbonyl (C=O) groups is 1. The quantitative estimate of drug-likeness (QED) is 0.878. The van der Waals surface area contributed by atoms with Gasteiger partial charge in [-0.2, -0.15) is 5.10 Å². The zero-order chi connectivity index (χ0) is 14.7. The van der Waals surface area contributed by atoms with Crippen molar-refractivity contribution in [3.05, 3.63) is 30.4 Å². The van der Waals surface area contributed by atoms with Crippen LogP contribution in [0.3, 0.4) is 0 Å². The first-order valence-electron chi connectivity index (χ1n) is 7.35. The summed E-state index contributed by atoms with van der Waals surface area (Å²) in [5, 5.41) is 7.14. The van der Waals surface area contributed by atoms with Crippen LogP contribution in [0.15, 0.2) is 18.9 Å². The highest BCUT2D eigenvalue weighted by molar-refractivity contribution is 5.76. The summed E-state index contributed by atoms with van der Waals surface area (Å²) in [5.74, 6) is 1.24. The number of aromatic nitrogens is 5. The number of nitrogens with one attached hydrogen (secondary N) is 1. The SMILES string of the molecule is Cc1cn2c(n1)CCC(NC(=O)CCCn1cncn1)C2. The number of hydrogen-bond acceptors (Lipinski definition) is 4. The fourth-order valence-corrected chi connectivity index (χ4v) is 2.75. The van der Waals surface area contributed by atoms with Gasteiger partial charge in [0.25, 0.3) is 0 Å². The second-order valence-electron chi connectivity index (χ2n) is 5.52. The molecule has 7 nitrogen and oxygen atoms in total. The van der Waals surface area contributed by atoms with Gasteiger partial charge in [-0.05, 0) is 19.8 Å². The molecule has 21 heavy (non-hydrogen) atoms. The summed E-state index contributed by atoms with van der Waals surface area (Å²) in [4.78, 5) is 20.3. The molecule has 3 rings (SSSR count). The molecule has 1 aliphatic rings. The summed E-state index contributed by atoms with van der Waals surface area (Å²) in [6, 6.07) is 0.213. The van der Waals surface area contributed by atoms with Crippen molar-refractivity contribution in [1.82, 2.24) is 29.6 Å². The van der Waals surface area contributed by atoms with Crippen molar-refractivity contribution in [2.24, 2.45) is 0 Å². The molecule has 1 amide bonds. The van der Waals surface area contributed by atoms with Crippen molar-refractivity contribution >= 4 is 5.91 Å². The van der Waals surface area contributed by atoms with Crippen molar-refractivity contribution in [1.29, 1.82) is 0 Å². The van der Waals surface area contributed by atoms with E-state index in [2.05, 4.69) is 31.1 Å². The lowest BCUT2D eigenvalue weighted by Crippen LogP contribution is -2.40. The lowest BCUT2D eigenvalue weighted by Gasteiger charge is -2.24. The maximum atomic E-state index is 12.0. The largest absolute Gasteiger partial charge is 0.352 e. The molecule has 0 radical (unpaired) electrons. The highest BCUT2D eigenvalue weighted by Gasteiger charge is 2.20. The Bertz CT molecular complexity index is 603. The number of nitrogens with zero attached hydrogens (tertiary/aromatic N) is 5. The Balaban J connectivity index is 1.43. The van der Waals surface area contributed by atoms with E-state index < -0.39 is 0 Å². The number of amides is 1. The summed E-state index contributed by atoms with van der Waals surface area (Å²) >= 11 is 0. The van der Waals surface area contributed by atoms with E-state index in [0.29, 0.717) is 6.42 Å². The summed E-state index contributed by atoms with van der Waals surface area (Å²) in [6.07, 6.45) is 8.42. The molecule has 1 unspecified atom stereocenters. The van der Waals surface area contributed by atoms with E-state index in [1.807, 2.05) is 6.92 Å². The Morgan fingerprint density at radius 3 is 3.24 bits per heavy atom. The number of aryl methyl sites for hydroxylation is 3. The van der Waals surface area contributed by atoms with Gasteiger partial charge in [0, 0.05) is 38.2 Å². The molecule has 0 fully saturated rings. The first kappa shape index (κ1) is 13.8. The predicted molar refractivity (Wildman–Crippen MR) is 76.5 cm³/mol. The lowest BCUT2D eigenvalue weighted by molar-refractivity contribution is -0.122. The zero-order valence-corrected chi connectivity index (χ0v) is 12.2. The monoisotopic (exact) mass is 288 g/mol. The Labute approximate surface area is 123 Å². The third kappa shape index (κ3) is 3.48. The van der Waals surface area contributed by atoms with Crippen molar-refractivity contribution in [2.45, 2.75) is 51.7 Å². The number of imidazole rings is 1. The van der Waals surface area contributed by atoms with Gasteiger partial charge in [0.15, 0.2) is 0 Å². The van der Waals surface area contributed by atoms with Crippen LogP contribution < -0.4 is 5.32 Å². The molecule has 1 N–H and O–H groups in total. The minimum Gasteiger partial charge on any atom is -0.352 e. The Hall–Kier alpha value is -2.18. The predicted octanol–water partition coefficient (Wildman–Crippen LogP) is 0.694. The molecular formula is C14H20N6O. The molecule has 0 aromatic carbocycles. The Morgan fingerprint density at radius 2 is 2.43 bits per heavy atom. The fourth-order valence-electron chi connectivity index (χ4n) is 2.75. The normalized spacial score (nSPS) is 17.5. The van der Waals surface area contributed by atoms with Gasteiger partial charge >= 0.3 is 0 Å². The minimum atomic E-state index is 0.111. The topological polar surface area (TPSA) is 77.6 Å². The van der Waals surface area contributed by atoms with Crippen LogP contribution in [0.4, 0.5) is 0 Å². The van der Waals surface area contributed by atoms with E-state index in [1.54, 1.807) is 11.0 Å². The van der Waals surface area contributed by atoms with Gasteiger partial charge in [0.05, 0.1) is 5.69 Å². The maximum absolute atomic E-state index is 12.0. The van der Waals surface area contributed by atoms with Crippen LogP contribution in [0.5, 0.6) is 0 Å². The van der Waals surface area contributed by atoms with Gasteiger partial charge < -0.3 is 9.88 Å². The highest BCUT2D eigenvalue weighted by atomic mass is 16.1. The number of fused-ring (bicyclic) bond motifs is 1. The minimum absolute atomic E-state index is 0.111. The van der Waals surface area contributed by atoms with Gasteiger partial charge in [-0.3, -0.25) is 9.48 Å². The third-order valence-corrected chi connectivity index (χ3v) is 3.74. The molecule has 0 spiro atoms. The Morgan fingerprint density at radius 1 is 1.52 bits per heavy atom. The van der Waals surface area contributed by atoms with E-state index in [-0.39, 0.29) is 11.9 Å². The first-order chi connectivity index (χ1) is 10.2. The molecular weight excluding hydrogens is 268 g/mol. The molecule has 112 valence electrons. The van der Waals surface area contributed by atoms with Crippen molar-refractivity contribution < 1.29 is 4.79 Å². The van der Waals surface area contributed by atoms with Crippen LogP contribution in [0.25, 0.3) is 0 Å². The van der Waals surface area contributed by atoms with Crippen molar-refractivity contribution in [3.8, 4) is 0 Å². The summed E-state index contributed by atoms with van der Waals surface area (Å²) < 4.78 is 3.90. The van der Waals surface area contributed by atoms with E-state index in [9.17, 15) is 4.79 Å². The van der Waals surface area contributed by atoms with Crippen LogP contribution in [-0.4, -0.2) is 36.3 Å². The van der Waals surface area contributed by atoms with Gasteiger partial charge in [0.1, 0.15) is 18.5 Å². The molecule has 1 aliphatic heterocycles. The molecule has 0 bridgehead atoms. The zero-order valence-electron chi connectivity index (χ0n) is 12.2. The third-order valence-electron chi connectivity index (χ3n) is 3.74. The van der Waals surface area contributed by atoms with Crippen molar-refractivity contribution in [3.63, 3.8) is 0 Å². The fraction of sp³-hybridized carbons (Fsp3) is 0.571. The van der Waals surface area contributed by atoms with Crippen LogP contribution in [-0.2, 0) is 24.3 Å². The van der Waals surface area contributed by atoms with Crippen LogP contribution in [0, 0.1) is 6.92 Å². The smallest absolute Gasteiger partial charge is 0.220 e. The van der Waals surface area contributed by atoms with Gasteiger partial charge in [-0.15, -0.1) is 0 Å². The molecule has 7 heteroatoms. The number of rotatable bonds is 5. The molecule has 3 heterocycles. The van der Waals surface area contributed by atoms with E-state index >= 15 is 0 Å². The number of hydrogen-bond donors (Lipinski definition) is 1. The van der Waals surface area contributed by atoms with Crippen LogP contribution in [0.2, 0.25) is 0 Å². The average Bonchev–Trinajstić information content (AvgIpc) is 3.06. The molecule has 1 atom stereocenters. The van der Waals surface area contributed by atoms with Gasteiger partial charge in [0.2, 0.25) is 5.91 Å². The van der Waals surface area contributed by atoms with Gasteiger partial charge in [-0.25, -0.2) is 9.97 Å². The Kier molecular flexibility index (Phi) is 3.98. The second kappa shape index (κ2) is 6.07. The first-order valence-corrected chi connectivity index (χ1v) is 7.35. The highest BCUT2D eigenvalue weighted by Crippen LogP contribution is 2.15. The molecule has 0 saturated heterocycles. The van der Waals surface area contributed by atoms with E-state index in [4.69, 9.17) is 0 Å². The standard InChI is InChI=1S/C14H20N6O/c1-11-7-19-8-12(4-5-13(19)17-11)18-14(21)3-2-6-20-10-15-9-16-20/h7,9-10,12H,2-6,8H2,1H3,(H,18,21).